The van der Waals surface area contributed by atoms with Crippen molar-refractivity contribution in [3.05, 3.63) is 20.3 Å². The van der Waals surface area contributed by atoms with Gasteiger partial charge in [-0.2, -0.15) is 0 Å². The summed E-state index contributed by atoms with van der Waals surface area (Å²) in [5, 5.41) is 3.07. The Morgan fingerprint density at radius 3 is 2.73 bits per heavy atom. The van der Waals surface area contributed by atoms with Gasteiger partial charge in [0, 0.05) is 6.04 Å². The SMILES string of the molecule is Cc1cc(C(=O)NC2CCC2C)sc1Br. The van der Waals surface area contributed by atoms with Crippen LogP contribution < -0.4 is 5.32 Å². The topological polar surface area (TPSA) is 29.1 Å². The van der Waals surface area contributed by atoms with Gasteiger partial charge in [-0.15, -0.1) is 11.3 Å². The van der Waals surface area contributed by atoms with Crippen molar-refractivity contribution in [3.63, 3.8) is 0 Å². The molecular formula is C11H14BrNOS. The quantitative estimate of drug-likeness (QED) is 0.888. The third-order valence-electron chi connectivity index (χ3n) is 3.02. The van der Waals surface area contributed by atoms with E-state index >= 15 is 0 Å². The van der Waals surface area contributed by atoms with Gasteiger partial charge in [-0.3, -0.25) is 4.79 Å². The normalized spacial score (nSPS) is 24.7. The first kappa shape index (κ1) is 11.1. The lowest BCUT2D eigenvalue weighted by Crippen LogP contribution is -2.45. The molecule has 82 valence electrons. The van der Waals surface area contributed by atoms with Gasteiger partial charge in [0.25, 0.3) is 5.91 Å². The second-order valence-electron chi connectivity index (χ2n) is 4.20. The van der Waals surface area contributed by atoms with Gasteiger partial charge < -0.3 is 5.32 Å². The van der Waals surface area contributed by atoms with E-state index in [-0.39, 0.29) is 5.91 Å². The molecular weight excluding hydrogens is 274 g/mol. The van der Waals surface area contributed by atoms with Crippen molar-refractivity contribution in [2.75, 3.05) is 0 Å². The molecule has 1 aliphatic carbocycles. The molecule has 1 saturated carbocycles. The van der Waals surface area contributed by atoms with Crippen LogP contribution in [0.25, 0.3) is 0 Å². The number of rotatable bonds is 2. The van der Waals surface area contributed by atoms with Gasteiger partial charge in [0.1, 0.15) is 0 Å². The third kappa shape index (κ3) is 2.26. The van der Waals surface area contributed by atoms with Crippen LogP contribution in [-0.4, -0.2) is 11.9 Å². The first-order chi connectivity index (χ1) is 7.08. The molecule has 2 atom stereocenters. The molecule has 1 N–H and O–H groups in total. The average Bonchev–Trinajstić information content (AvgIpc) is 2.53. The summed E-state index contributed by atoms with van der Waals surface area (Å²) in [5.41, 5.74) is 1.13. The fourth-order valence-electron chi connectivity index (χ4n) is 1.69. The molecule has 0 bridgehead atoms. The van der Waals surface area contributed by atoms with E-state index in [1.54, 1.807) is 0 Å². The molecule has 0 spiro atoms. The molecule has 2 nitrogen and oxygen atoms in total. The zero-order valence-corrected chi connectivity index (χ0v) is 11.2. The second kappa shape index (κ2) is 4.26. The minimum Gasteiger partial charge on any atom is -0.348 e. The van der Waals surface area contributed by atoms with Crippen LogP contribution in [0.15, 0.2) is 9.85 Å². The molecule has 0 saturated heterocycles. The van der Waals surface area contributed by atoms with E-state index in [2.05, 4.69) is 28.2 Å². The van der Waals surface area contributed by atoms with Gasteiger partial charge in [0.05, 0.1) is 8.66 Å². The molecule has 0 radical (unpaired) electrons. The van der Waals surface area contributed by atoms with Gasteiger partial charge >= 0.3 is 0 Å². The van der Waals surface area contributed by atoms with Gasteiger partial charge in [0.15, 0.2) is 0 Å². The summed E-state index contributed by atoms with van der Waals surface area (Å²) in [6.07, 6.45) is 2.36. The van der Waals surface area contributed by atoms with Crippen molar-refractivity contribution >= 4 is 33.2 Å². The van der Waals surface area contributed by atoms with Crippen LogP contribution in [0.2, 0.25) is 0 Å². The van der Waals surface area contributed by atoms with E-state index in [1.165, 1.54) is 17.8 Å². The standard InChI is InChI=1S/C11H14BrNOS/c1-6-3-4-8(6)13-11(14)9-5-7(2)10(12)15-9/h5-6,8H,3-4H2,1-2H3,(H,13,14). The average molecular weight is 288 g/mol. The lowest BCUT2D eigenvalue weighted by Gasteiger charge is -2.34. The first-order valence-corrected chi connectivity index (χ1v) is 6.75. The number of carbonyl (C=O) groups is 1. The molecule has 4 heteroatoms. The number of hydrogen-bond donors (Lipinski definition) is 1. The smallest absolute Gasteiger partial charge is 0.261 e. The van der Waals surface area contributed by atoms with Crippen LogP contribution >= 0.6 is 27.3 Å². The highest BCUT2D eigenvalue weighted by molar-refractivity contribution is 9.11. The molecule has 1 heterocycles. The van der Waals surface area contributed by atoms with Crippen molar-refractivity contribution in [1.82, 2.24) is 5.32 Å². The first-order valence-electron chi connectivity index (χ1n) is 5.14. The Labute approximate surface area is 102 Å². The second-order valence-corrected chi connectivity index (χ2v) is 6.57. The molecule has 2 rings (SSSR count). The van der Waals surface area contributed by atoms with Gasteiger partial charge in [0.2, 0.25) is 0 Å². The maximum absolute atomic E-state index is 11.8. The van der Waals surface area contributed by atoms with Gasteiger partial charge in [-0.1, -0.05) is 6.92 Å². The summed E-state index contributed by atoms with van der Waals surface area (Å²) in [7, 11) is 0. The zero-order valence-electron chi connectivity index (χ0n) is 8.84. The number of halogens is 1. The van der Waals surface area contributed by atoms with Crippen molar-refractivity contribution in [2.45, 2.75) is 32.7 Å². The minimum atomic E-state index is 0.0744. The fourth-order valence-corrected chi connectivity index (χ4v) is 3.13. The number of carbonyl (C=O) groups excluding carboxylic acids is 1. The number of aryl methyl sites for hydroxylation is 1. The van der Waals surface area contributed by atoms with E-state index in [1.807, 2.05) is 13.0 Å². The Balaban J connectivity index is 2.01. The summed E-state index contributed by atoms with van der Waals surface area (Å²) < 4.78 is 1.05. The molecule has 1 aromatic heterocycles. The molecule has 1 aliphatic rings. The van der Waals surface area contributed by atoms with Crippen molar-refractivity contribution in [2.24, 2.45) is 5.92 Å². The molecule has 1 fully saturated rings. The van der Waals surface area contributed by atoms with Crippen molar-refractivity contribution in [3.8, 4) is 0 Å². The largest absolute Gasteiger partial charge is 0.348 e. The molecule has 15 heavy (non-hydrogen) atoms. The van der Waals surface area contributed by atoms with Crippen LogP contribution in [0.5, 0.6) is 0 Å². The van der Waals surface area contributed by atoms with E-state index < -0.39 is 0 Å². The third-order valence-corrected chi connectivity index (χ3v) is 5.15. The summed E-state index contributed by atoms with van der Waals surface area (Å²) in [5.74, 6) is 0.712. The van der Waals surface area contributed by atoms with E-state index in [4.69, 9.17) is 0 Å². The predicted molar refractivity (Wildman–Crippen MR) is 66.4 cm³/mol. The summed E-state index contributed by atoms with van der Waals surface area (Å²) in [4.78, 5) is 12.6. The lowest BCUT2D eigenvalue weighted by molar-refractivity contribution is 0.0888. The van der Waals surface area contributed by atoms with Crippen molar-refractivity contribution < 1.29 is 4.79 Å². The highest BCUT2D eigenvalue weighted by Gasteiger charge is 2.28. The Morgan fingerprint density at radius 1 is 1.60 bits per heavy atom. The Bertz CT molecular complexity index is 368. The molecule has 1 aromatic rings. The number of hydrogen-bond acceptors (Lipinski definition) is 2. The number of nitrogens with one attached hydrogen (secondary N) is 1. The number of amides is 1. The highest BCUT2D eigenvalue weighted by atomic mass is 79.9. The predicted octanol–water partition coefficient (Wildman–Crippen LogP) is 3.35. The fraction of sp³-hybridized carbons (Fsp3) is 0.545. The lowest BCUT2D eigenvalue weighted by atomic mass is 9.81. The maximum atomic E-state index is 11.8. The summed E-state index contributed by atoms with van der Waals surface area (Å²) in [6.45, 7) is 4.19. The summed E-state index contributed by atoms with van der Waals surface area (Å²) >= 11 is 4.94. The van der Waals surface area contributed by atoms with E-state index in [0.29, 0.717) is 12.0 Å². The Kier molecular flexibility index (Phi) is 3.16. The van der Waals surface area contributed by atoms with Crippen LogP contribution in [0.3, 0.4) is 0 Å². The monoisotopic (exact) mass is 287 g/mol. The molecule has 0 aromatic carbocycles. The molecule has 1 amide bonds. The Hall–Kier alpha value is -0.350. The van der Waals surface area contributed by atoms with Gasteiger partial charge in [-0.05, 0) is 53.2 Å². The maximum Gasteiger partial charge on any atom is 0.261 e. The van der Waals surface area contributed by atoms with E-state index in [0.717, 1.165) is 20.6 Å². The van der Waals surface area contributed by atoms with Crippen LogP contribution in [0, 0.1) is 12.8 Å². The zero-order chi connectivity index (χ0) is 11.0. The van der Waals surface area contributed by atoms with Crippen LogP contribution in [0.1, 0.15) is 35.0 Å². The van der Waals surface area contributed by atoms with E-state index in [9.17, 15) is 4.79 Å². The van der Waals surface area contributed by atoms with Crippen LogP contribution in [0.4, 0.5) is 0 Å². The van der Waals surface area contributed by atoms with Gasteiger partial charge in [-0.25, -0.2) is 0 Å². The Morgan fingerprint density at radius 2 is 2.33 bits per heavy atom. The molecule has 0 aliphatic heterocycles. The molecule has 2 unspecified atom stereocenters. The number of thiophene rings is 1. The minimum absolute atomic E-state index is 0.0744. The highest BCUT2D eigenvalue weighted by Crippen LogP contribution is 2.29. The van der Waals surface area contributed by atoms with Crippen molar-refractivity contribution in [1.29, 1.82) is 0 Å². The van der Waals surface area contributed by atoms with Crippen LogP contribution in [-0.2, 0) is 0 Å². The summed E-state index contributed by atoms with van der Waals surface area (Å²) in [6, 6.07) is 2.33.